The molecule has 1 aromatic carbocycles. The fourth-order valence-corrected chi connectivity index (χ4v) is 2.71. The van der Waals surface area contributed by atoms with Crippen LogP contribution in [0.5, 0.6) is 0 Å². The van der Waals surface area contributed by atoms with E-state index in [4.69, 9.17) is 23.1 Å². The van der Waals surface area contributed by atoms with Crippen LogP contribution in [0, 0.1) is 6.92 Å². The van der Waals surface area contributed by atoms with Gasteiger partial charge in [0.05, 0.1) is 17.9 Å². The molecule has 0 radical (unpaired) electrons. The summed E-state index contributed by atoms with van der Waals surface area (Å²) in [6.07, 6.45) is 6.38. The molecule has 30 heavy (non-hydrogen) atoms. The van der Waals surface area contributed by atoms with Crippen molar-refractivity contribution in [3.05, 3.63) is 94.8 Å². The summed E-state index contributed by atoms with van der Waals surface area (Å²) in [7, 11) is 0. The number of pyridine rings is 1. The van der Waals surface area contributed by atoms with Crippen molar-refractivity contribution in [3.8, 4) is 0 Å². The molecule has 8 heteroatoms. The number of anilines is 1. The minimum absolute atomic E-state index is 0.342. The highest BCUT2D eigenvalue weighted by atomic mass is 35.5. The van der Waals surface area contributed by atoms with E-state index in [1.54, 1.807) is 24.4 Å². The standard InChI is InChI=1S/C22H22ClN7/c1-15-3-2-4-22(28-15)30-19(18-10-12-26-21(29-18)9-11-24)13-20(25)27-14-16-5-7-17(23)8-6-16/h2-13H,14,24H2,1H3,(H2,25,27)(H,28,30)/b11-9?,19-13-. The van der Waals surface area contributed by atoms with Crippen LogP contribution >= 0.6 is 11.6 Å². The molecule has 0 amide bonds. The number of halogens is 1. The van der Waals surface area contributed by atoms with Crippen molar-refractivity contribution < 1.29 is 0 Å². The van der Waals surface area contributed by atoms with Gasteiger partial charge in [-0.1, -0.05) is 29.8 Å². The van der Waals surface area contributed by atoms with Crippen LogP contribution < -0.4 is 16.8 Å². The molecule has 3 aromatic rings. The highest BCUT2D eigenvalue weighted by molar-refractivity contribution is 6.30. The Morgan fingerprint density at radius 3 is 2.67 bits per heavy atom. The van der Waals surface area contributed by atoms with E-state index >= 15 is 0 Å². The molecule has 7 nitrogen and oxygen atoms in total. The first kappa shape index (κ1) is 21.0. The Labute approximate surface area is 180 Å². The van der Waals surface area contributed by atoms with Gasteiger partial charge >= 0.3 is 0 Å². The second-order valence-electron chi connectivity index (χ2n) is 6.37. The number of rotatable bonds is 7. The maximum Gasteiger partial charge on any atom is 0.153 e. The van der Waals surface area contributed by atoms with Crippen LogP contribution in [0.4, 0.5) is 5.82 Å². The van der Waals surface area contributed by atoms with Gasteiger partial charge in [0.25, 0.3) is 0 Å². The second-order valence-corrected chi connectivity index (χ2v) is 6.81. The predicted molar refractivity (Wildman–Crippen MR) is 123 cm³/mol. The van der Waals surface area contributed by atoms with Gasteiger partial charge in [0.15, 0.2) is 5.82 Å². The van der Waals surface area contributed by atoms with E-state index in [0.29, 0.717) is 40.4 Å². The highest BCUT2D eigenvalue weighted by Crippen LogP contribution is 2.16. The molecule has 0 aliphatic heterocycles. The van der Waals surface area contributed by atoms with Crippen LogP contribution in [-0.4, -0.2) is 20.8 Å². The highest BCUT2D eigenvalue weighted by Gasteiger charge is 2.08. The molecule has 5 N–H and O–H groups in total. The smallest absolute Gasteiger partial charge is 0.153 e. The van der Waals surface area contributed by atoms with E-state index in [-0.39, 0.29) is 0 Å². The third kappa shape index (κ3) is 6.15. The fourth-order valence-electron chi connectivity index (χ4n) is 2.58. The Kier molecular flexibility index (Phi) is 7.13. The average Bonchev–Trinajstić information content (AvgIpc) is 2.73. The number of amidine groups is 1. The van der Waals surface area contributed by atoms with Crippen LogP contribution in [0.1, 0.15) is 22.8 Å². The molecule has 0 bridgehead atoms. The largest absolute Gasteiger partial charge is 0.404 e. The number of nitrogens with two attached hydrogens (primary N) is 2. The minimum atomic E-state index is 0.342. The Morgan fingerprint density at radius 1 is 1.13 bits per heavy atom. The molecule has 3 rings (SSSR count). The first-order chi connectivity index (χ1) is 14.5. The van der Waals surface area contributed by atoms with Crippen LogP contribution in [0.25, 0.3) is 11.8 Å². The summed E-state index contributed by atoms with van der Waals surface area (Å²) in [6, 6.07) is 14.9. The fraction of sp³-hybridized carbons (Fsp3) is 0.0909. The Balaban J connectivity index is 1.91. The molecular formula is C22H22ClN7. The van der Waals surface area contributed by atoms with E-state index in [9.17, 15) is 0 Å². The van der Waals surface area contributed by atoms with Crippen molar-refractivity contribution in [2.24, 2.45) is 16.5 Å². The molecular weight excluding hydrogens is 398 g/mol. The lowest BCUT2D eigenvalue weighted by Crippen LogP contribution is -2.13. The molecule has 0 unspecified atom stereocenters. The third-order valence-electron chi connectivity index (χ3n) is 4.00. The molecule has 2 aromatic heterocycles. The monoisotopic (exact) mass is 419 g/mol. The van der Waals surface area contributed by atoms with Gasteiger partial charge in [0.1, 0.15) is 11.7 Å². The zero-order valence-corrected chi connectivity index (χ0v) is 17.2. The first-order valence-electron chi connectivity index (χ1n) is 9.22. The Bertz CT molecular complexity index is 1090. The van der Waals surface area contributed by atoms with Gasteiger partial charge in [-0.05, 0) is 55.1 Å². The van der Waals surface area contributed by atoms with Crippen LogP contribution in [0.15, 0.2) is 72.0 Å². The number of aryl methyl sites for hydroxylation is 1. The van der Waals surface area contributed by atoms with E-state index in [2.05, 4.69) is 25.3 Å². The van der Waals surface area contributed by atoms with Gasteiger partial charge in [-0.3, -0.25) is 4.99 Å². The van der Waals surface area contributed by atoms with Crippen molar-refractivity contribution in [2.45, 2.75) is 13.5 Å². The van der Waals surface area contributed by atoms with E-state index in [1.807, 2.05) is 49.4 Å². The molecule has 2 heterocycles. The van der Waals surface area contributed by atoms with Crippen molar-refractivity contribution in [1.29, 1.82) is 0 Å². The van der Waals surface area contributed by atoms with Crippen molar-refractivity contribution >= 4 is 35.0 Å². The van der Waals surface area contributed by atoms with E-state index in [1.165, 1.54) is 6.20 Å². The van der Waals surface area contributed by atoms with Gasteiger partial charge in [-0.15, -0.1) is 0 Å². The van der Waals surface area contributed by atoms with E-state index in [0.717, 1.165) is 11.3 Å². The summed E-state index contributed by atoms with van der Waals surface area (Å²) in [5.74, 6) is 1.49. The van der Waals surface area contributed by atoms with Gasteiger partial charge in [0, 0.05) is 23.0 Å². The molecule has 0 aliphatic rings. The van der Waals surface area contributed by atoms with Crippen LogP contribution in [0.3, 0.4) is 0 Å². The van der Waals surface area contributed by atoms with E-state index < -0.39 is 0 Å². The maximum atomic E-state index is 6.18. The SMILES string of the molecule is Cc1cccc(N/C(=C\C(N)=NCc2ccc(Cl)cc2)c2ccnc(C=CN)n2)n1. The number of hydrogen-bond acceptors (Lipinski definition) is 6. The summed E-state index contributed by atoms with van der Waals surface area (Å²) in [5.41, 5.74) is 14.8. The normalized spacial score (nSPS) is 12.3. The zero-order chi connectivity index (χ0) is 21.3. The summed E-state index contributed by atoms with van der Waals surface area (Å²) in [6.45, 7) is 2.35. The van der Waals surface area contributed by atoms with Gasteiger partial charge < -0.3 is 16.8 Å². The Morgan fingerprint density at radius 2 is 1.93 bits per heavy atom. The molecule has 0 atom stereocenters. The number of hydrogen-bond donors (Lipinski definition) is 3. The lowest BCUT2D eigenvalue weighted by molar-refractivity contribution is 1.06. The summed E-state index contributed by atoms with van der Waals surface area (Å²) in [4.78, 5) is 17.6. The van der Waals surface area contributed by atoms with Crippen LogP contribution in [0.2, 0.25) is 5.02 Å². The minimum Gasteiger partial charge on any atom is -0.404 e. The molecule has 0 spiro atoms. The number of benzene rings is 1. The summed E-state index contributed by atoms with van der Waals surface area (Å²) < 4.78 is 0. The number of aliphatic imine (C=N–C) groups is 1. The zero-order valence-electron chi connectivity index (χ0n) is 16.5. The molecule has 0 fully saturated rings. The first-order valence-corrected chi connectivity index (χ1v) is 9.60. The Hall–Kier alpha value is -3.71. The van der Waals surface area contributed by atoms with Crippen molar-refractivity contribution in [1.82, 2.24) is 15.0 Å². The second kappa shape index (κ2) is 10.2. The van der Waals surface area contributed by atoms with Crippen molar-refractivity contribution in [3.63, 3.8) is 0 Å². The average molecular weight is 420 g/mol. The summed E-state index contributed by atoms with van der Waals surface area (Å²) >= 11 is 5.93. The van der Waals surface area contributed by atoms with Gasteiger partial charge in [-0.25, -0.2) is 15.0 Å². The van der Waals surface area contributed by atoms with Gasteiger partial charge in [-0.2, -0.15) is 0 Å². The maximum absolute atomic E-state index is 6.18. The number of nitrogens with zero attached hydrogens (tertiary/aromatic N) is 4. The molecule has 152 valence electrons. The van der Waals surface area contributed by atoms with Gasteiger partial charge in [0.2, 0.25) is 0 Å². The molecule has 0 saturated carbocycles. The third-order valence-corrected chi connectivity index (χ3v) is 4.25. The number of nitrogens with one attached hydrogen (secondary N) is 1. The summed E-state index contributed by atoms with van der Waals surface area (Å²) in [5, 5.41) is 3.95. The molecule has 0 aliphatic carbocycles. The quantitative estimate of drug-likeness (QED) is 0.396. The molecule has 0 saturated heterocycles. The van der Waals surface area contributed by atoms with Crippen molar-refractivity contribution in [2.75, 3.05) is 5.32 Å². The predicted octanol–water partition coefficient (Wildman–Crippen LogP) is 3.77. The lowest BCUT2D eigenvalue weighted by Gasteiger charge is -2.11. The lowest BCUT2D eigenvalue weighted by atomic mass is 10.2. The van der Waals surface area contributed by atoms with Crippen LogP contribution in [-0.2, 0) is 6.54 Å². The topological polar surface area (TPSA) is 115 Å². The number of aromatic nitrogens is 3.